The molecule has 4 rings (SSSR count). The summed E-state index contributed by atoms with van der Waals surface area (Å²) < 4.78 is 6.50. The van der Waals surface area contributed by atoms with E-state index in [9.17, 15) is 4.79 Å². The zero-order valence-corrected chi connectivity index (χ0v) is 21.5. The number of benzene rings is 3. The van der Waals surface area contributed by atoms with Gasteiger partial charge in [0.25, 0.3) is 5.91 Å². The molecule has 0 aliphatic heterocycles. The largest absolute Gasteiger partial charge is 0.489 e. The minimum Gasteiger partial charge on any atom is -0.489 e. The molecule has 1 aromatic heterocycles. The molecule has 0 unspecified atom stereocenters. The second-order valence-corrected chi connectivity index (χ2v) is 9.44. The van der Waals surface area contributed by atoms with Gasteiger partial charge in [0, 0.05) is 37.3 Å². The minimum absolute atomic E-state index is 0.320. The molecule has 0 bridgehead atoms. The molecule has 0 aliphatic carbocycles. The van der Waals surface area contributed by atoms with Crippen molar-refractivity contribution in [1.29, 1.82) is 0 Å². The van der Waals surface area contributed by atoms with Crippen LogP contribution in [0.15, 0.2) is 94.3 Å². The highest BCUT2D eigenvalue weighted by molar-refractivity contribution is 9.10. The zero-order chi connectivity index (χ0) is 24.6. The molecule has 4 aromatic rings. The van der Waals surface area contributed by atoms with Crippen LogP contribution in [0.25, 0.3) is 11.3 Å². The lowest BCUT2D eigenvalue weighted by molar-refractivity contribution is 0.0955. The van der Waals surface area contributed by atoms with Gasteiger partial charge in [-0.2, -0.15) is 5.10 Å². The van der Waals surface area contributed by atoms with Gasteiger partial charge in [-0.3, -0.25) is 4.79 Å². The molecule has 0 radical (unpaired) electrons. The third kappa shape index (κ3) is 6.79. The number of thiazole rings is 1. The summed E-state index contributed by atoms with van der Waals surface area (Å²) in [6.45, 7) is 4.03. The molecular formula is C26H20BrClN4O2S. The first-order valence-corrected chi connectivity index (χ1v) is 12.5. The fraction of sp³-hybridized carbons (Fsp3) is 0.0385. The number of hydrogen-bond donors (Lipinski definition) is 2. The molecule has 0 spiro atoms. The maximum Gasteiger partial charge on any atom is 0.271 e. The standard InChI is InChI=1S/C26H20BrClN4O2S/c1-2-13-34-24-12-7-20(27)14-19(24)15-29-32-25(33)18-5-3-17(4-6-18)23-16-35-26(31-23)30-22-10-8-21(28)9-11-22/h2-12,14-16H,1,13H2,(H,30,31)(H,32,33)/b29-15-. The van der Waals surface area contributed by atoms with Crippen LogP contribution >= 0.6 is 38.9 Å². The number of ether oxygens (including phenoxy) is 1. The van der Waals surface area contributed by atoms with E-state index in [0.29, 0.717) is 22.9 Å². The Morgan fingerprint density at radius 3 is 2.66 bits per heavy atom. The Hall–Kier alpha value is -3.46. The van der Waals surface area contributed by atoms with Crippen molar-refractivity contribution in [2.24, 2.45) is 5.10 Å². The van der Waals surface area contributed by atoms with Crippen molar-refractivity contribution in [1.82, 2.24) is 10.4 Å². The summed E-state index contributed by atoms with van der Waals surface area (Å²) in [7, 11) is 0. The molecule has 0 atom stereocenters. The van der Waals surface area contributed by atoms with Crippen molar-refractivity contribution in [3.05, 3.63) is 105 Å². The normalized spacial score (nSPS) is 10.8. The number of halogens is 2. The first kappa shape index (κ1) is 24.7. The van der Waals surface area contributed by atoms with E-state index >= 15 is 0 Å². The fourth-order valence-corrected chi connectivity index (χ4v) is 4.28. The molecule has 0 fully saturated rings. The van der Waals surface area contributed by atoms with Crippen LogP contribution in [-0.2, 0) is 0 Å². The maximum absolute atomic E-state index is 12.5. The van der Waals surface area contributed by atoms with Gasteiger partial charge in [0.1, 0.15) is 12.4 Å². The van der Waals surface area contributed by atoms with Crippen LogP contribution in [0.1, 0.15) is 15.9 Å². The van der Waals surface area contributed by atoms with Crippen molar-refractivity contribution < 1.29 is 9.53 Å². The van der Waals surface area contributed by atoms with E-state index in [1.54, 1.807) is 24.4 Å². The lowest BCUT2D eigenvalue weighted by Crippen LogP contribution is -2.17. The predicted molar refractivity (Wildman–Crippen MR) is 147 cm³/mol. The summed E-state index contributed by atoms with van der Waals surface area (Å²) >= 11 is 10.9. The molecule has 2 N–H and O–H groups in total. The lowest BCUT2D eigenvalue weighted by Gasteiger charge is -2.07. The number of hydrogen-bond acceptors (Lipinski definition) is 6. The lowest BCUT2D eigenvalue weighted by atomic mass is 10.1. The highest BCUT2D eigenvalue weighted by Gasteiger charge is 2.09. The number of hydrazone groups is 1. The van der Waals surface area contributed by atoms with Gasteiger partial charge in [-0.1, -0.05) is 52.3 Å². The van der Waals surface area contributed by atoms with Crippen molar-refractivity contribution in [2.45, 2.75) is 0 Å². The Morgan fingerprint density at radius 1 is 1.14 bits per heavy atom. The van der Waals surface area contributed by atoms with Crippen molar-refractivity contribution in [3.63, 3.8) is 0 Å². The van der Waals surface area contributed by atoms with Gasteiger partial charge in [-0.25, -0.2) is 10.4 Å². The second kappa shape index (κ2) is 11.8. The van der Waals surface area contributed by atoms with Gasteiger partial charge < -0.3 is 10.1 Å². The fourth-order valence-electron chi connectivity index (χ4n) is 3.04. The van der Waals surface area contributed by atoms with Crippen LogP contribution < -0.4 is 15.5 Å². The molecule has 3 aromatic carbocycles. The number of amides is 1. The van der Waals surface area contributed by atoms with E-state index in [1.165, 1.54) is 11.3 Å². The van der Waals surface area contributed by atoms with Crippen molar-refractivity contribution >= 4 is 61.8 Å². The first-order chi connectivity index (χ1) is 17.0. The Labute approximate surface area is 220 Å². The molecule has 6 nitrogen and oxygen atoms in total. The molecule has 9 heteroatoms. The van der Waals surface area contributed by atoms with E-state index in [0.717, 1.165) is 32.1 Å². The van der Waals surface area contributed by atoms with E-state index in [-0.39, 0.29) is 5.91 Å². The van der Waals surface area contributed by atoms with Crippen LogP contribution in [0.4, 0.5) is 10.8 Å². The summed E-state index contributed by atoms with van der Waals surface area (Å²) in [4.78, 5) is 17.1. The quantitative estimate of drug-likeness (QED) is 0.126. The number of rotatable bonds is 9. The molecule has 35 heavy (non-hydrogen) atoms. The molecule has 0 saturated carbocycles. The van der Waals surface area contributed by atoms with Gasteiger partial charge in [0.2, 0.25) is 0 Å². The highest BCUT2D eigenvalue weighted by atomic mass is 79.9. The van der Waals surface area contributed by atoms with Crippen LogP contribution in [0.5, 0.6) is 5.75 Å². The smallest absolute Gasteiger partial charge is 0.271 e. The molecule has 1 heterocycles. The summed E-state index contributed by atoms with van der Waals surface area (Å²) in [6.07, 6.45) is 3.21. The van der Waals surface area contributed by atoms with Crippen LogP contribution in [0.3, 0.4) is 0 Å². The Balaban J connectivity index is 1.38. The van der Waals surface area contributed by atoms with Gasteiger partial charge in [0.15, 0.2) is 5.13 Å². The number of carbonyl (C=O) groups excluding carboxylic acids is 1. The first-order valence-electron chi connectivity index (χ1n) is 10.5. The molecule has 0 aliphatic rings. The van der Waals surface area contributed by atoms with E-state index in [2.05, 4.69) is 43.3 Å². The van der Waals surface area contributed by atoms with E-state index < -0.39 is 0 Å². The molecule has 1 amide bonds. The summed E-state index contributed by atoms with van der Waals surface area (Å²) in [5, 5.41) is 10.7. The third-order valence-electron chi connectivity index (χ3n) is 4.74. The minimum atomic E-state index is -0.320. The van der Waals surface area contributed by atoms with Gasteiger partial charge in [0.05, 0.1) is 11.9 Å². The number of nitrogens with one attached hydrogen (secondary N) is 2. The second-order valence-electron chi connectivity index (χ2n) is 7.23. The number of carbonyl (C=O) groups is 1. The summed E-state index contributed by atoms with van der Waals surface area (Å²) in [5.41, 5.74) is 6.39. The highest BCUT2D eigenvalue weighted by Crippen LogP contribution is 2.28. The Bertz CT molecular complexity index is 1350. The number of aromatic nitrogens is 1. The Morgan fingerprint density at radius 2 is 1.91 bits per heavy atom. The van der Waals surface area contributed by atoms with Crippen LogP contribution in [-0.4, -0.2) is 23.7 Å². The van der Waals surface area contributed by atoms with Gasteiger partial charge in [-0.05, 0) is 54.6 Å². The van der Waals surface area contributed by atoms with Gasteiger partial charge in [-0.15, -0.1) is 11.3 Å². The van der Waals surface area contributed by atoms with Crippen LogP contribution in [0.2, 0.25) is 5.02 Å². The van der Waals surface area contributed by atoms with Crippen molar-refractivity contribution in [3.8, 4) is 17.0 Å². The number of nitrogens with zero attached hydrogens (tertiary/aromatic N) is 2. The summed E-state index contributed by atoms with van der Waals surface area (Å²) in [6, 6.07) is 20.2. The number of anilines is 2. The van der Waals surface area contributed by atoms with E-state index in [4.69, 9.17) is 16.3 Å². The monoisotopic (exact) mass is 566 g/mol. The predicted octanol–water partition coefficient (Wildman–Crippen LogP) is 7.30. The van der Waals surface area contributed by atoms with Crippen molar-refractivity contribution in [2.75, 3.05) is 11.9 Å². The average Bonchev–Trinajstić information content (AvgIpc) is 3.33. The topological polar surface area (TPSA) is 75.6 Å². The average molecular weight is 568 g/mol. The summed E-state index contributed by atoms with van der Waals surface area (Å²) in [5.74, 6) is 0.323. The van der Waals surface area contributed by atoms with Crippen LogP contribution in [0, 0.1) is 0 Å². The SMILES string of the molecule is C=CCOc1ccc(Br)cc1/C=N\NC(=O)c1ccc(-c2csc(Nc3ccc(Cl)cc3)n2)cc1. The van der Waals surface area contributed by atoms with Gasteiger partial charge >= 0.3 is 0 Å². The maximum atomic E-state index is 12.5. The molecule has 0 saturated heterocycles. The zero-order valence-electron chi connectivity index (χ0n) is 18.4. The van der Waals surface area contributed by atoms with E-state index in [1.807, 2.05) is 60.0 Å². The molecular weight excluding hydrogens is 548 g/mol. The third-order valence-corrected chi connectivity index (χ3v) is 6.24. The molecule has 176 valence electrons. The Kier molecular flexibility index (Phi) is 8.31.